The molecule has 1 rings (SSSR count). The van der Waals surface area contributed by atoms with Gasteiger partial charge in [-0.05, 0) is 18.2 Å². The molecule has 0 aliphatic rings. The lowest BCUT2D eigenvalue weighted by atomic mass is 10.2. The van der Waals surface area contributed by atoms with Crippen LogP contribution in [0.15, 0.2) is 18.2 Å². The Morgan fingerprint density at radius 3 is 2.85 bits per heavy atom. The van der Waals surface area contributed by atoms with Crippen LogP contribution in [0.1, 0.15) is 12.0 Å². The molecule has 3 heteroatoms. The van der Waals surface area contributed by atoms with Crippen molar-refractivity contribution in [1.29, 1.82) is 5.26 Å². The highest BCUT2D eigenvalue weighted by atomic mass is 19.1. The summed E-state index contributed by atoms with van der Waals surface area (Å²) in [6.45, 7) is 0. The van der Waals surface area contributed by atoms with Crippen LogP contribution in [0.3, 0.4) is 0 Å². The van der Waals surface area contributed by atoms with Crippen molar-refractivity contribution in [3.05, 3.63) is 29.6 Å². The van der Waals surface area contributed by atoms with Gasteiger partial charge < -0.3 is 5.73 Å². The fraction of sp³-hybridized carbons (Fsp3) is 0.100. The van der Waals surface area contributed by atoms with Crippen LogP contribution in [-0.2, 0) is 0 Å². The lowest BCUT2D eigenvalue weighted by molar-refractivity contribution is 0.625. The van der Waals surface area contributed by atoms with Crippen LogP contribution in [0.4, 0.5) is 10.1 Å². The number of benzene rings is 1. The molecular weight excluding hydrogens is 167 g/mol. The largest absolute Gasteiger partial charge is 0.399 e. The van der Waals surface area contributed by atoms with E-state index in [-0.39, 0.29) is 12.0 Å². The minimum atomic E-state index is -0.453. The summed E-state index contributed by atoms with van der Waals surface area (Å²) < 4.78 is 13.0. The zero-order valence-corrected chi connectivity index (χ0v) is 6.84. The van der Waals surface area contributed by atoms with Gasteiger partial charge in [0, 0.05) is 5.69 Å². The van der Waals surface area contributed by atoms with E-state index in [1.165, 1.54) is 12.1 Å². The van der Waals surface area contributed by atoms with Crippen molar-refractivity contribution in [2.24, 2.45) is 0 Å². The van der Waals surface area contributed by atoms with Crippen molar-refractivity contribution < 1.29 is 4.39 Å². The Balaban J connectivity index is 2.93. The van der Waals surface area contributed by atoms with Crippen molar-refractivity contribution in [2.45, 2.75) is 6.42 Å². The molecule has 1 aromatic rings. The monoisotopic (exact) mass is 174 g/mol. The fourth-order valence-electron chi connectivity index (χ4n) is 0.812. The summed E-state index contributed by atoms with van der Waals surface area (Å²) in [7, 11) is 0. The molecule has 0 saturated heterocycles. The number of nitriles is 1. The second-order valence-corrected chi connectivity index (χ2v) is 2.38. The second kappa shape index (κ2) is 4.13. The van der Waals surface area contributed by atoms with E-state index in [1.807, 2.05) is 6.07 Å². The molecule has 0 radical (unpaired) electrons. The van der Waals surface area contributed by atoms with E-state index in [2.05, 4.69) is 11.8 Å². The van der Waals surface area contributed by atoms with Gasteiger partial charge in [-0.25, -0.2) is 4.39 Å². The maximum atomic E-state index is 13.0. The first-order chi connectivity index (χ1) is 6.24. The number of hydrogen-bond acceptors (Lipinski definition) is 2. The molecule has 2 N–H and O–H groups in total. The van der Waals surface area contributed by atoms with Gasteiger partial charge >= 0.3 is 0 Å². The summed E-state index contributed by atoms with van der Waals surface area (Å²) in [5.41, 5.74) is 5.97. The Hall–Kier alpha value is -2.00. The highest BCUT2D eigenvalue weighted by molar-refractivity contribution is 5.46. The summed E-state index contributed by atoms with van der Waals surface area (Å²) in [6, 6.07) is 6.12. The highest BCUT2D eigenvalue weighted by Gasteiger charge is 1.97. The summed E-state index contributed by atoms with van der Waals surface area (Å²) in [5, 5.41) is 8.19. The van der Waals surface area contributed by atoms with Crippen LogP contribution in [0, 0.1) is 29.0 Å². The first-order valence-electron chi connectivity index (χ1n) is 3.65. The molecule has 1 aromatic carbocycles. The Morgan fingerprint density at radius 1 is 1.46 bits per heavy atom. The van der Waals surface area contributed by atoms with Gasteiger partial charge in [-0.2, -0.15) is 5.26 Å². The number of nitrogens with zero attached hydrogens (tertiary/aromatic N) is 1. The number of anilines is 1. The Kier molecular flexibility index (Phi) is 2.89. The van der Waals surface area contributed by atoms with E-state index in [0.29, 0.717) is 5.69 Å². The number of nitrogen functional groups attached to an aromatic ring is 1. The average Bonchev–Trinajstić information content (AvgIpc) is 2.09. The predicted molar refractivity (Wildman–Crippen MR) is 47.9 cm³/mol. The predicted octanol–water partition coefficient (Wildman–Crippen LogP) is 1.67. The number of hydrogen-bond donors (Lipinski definition) is 1. The molecule has 0 atom stereocenters. The first-order valence-corrected chi connectivity index (χ1v) is 3.65. The molecule has 0 unspecified atom stereocenters. The van der Waals surface area contributed by atoms with E-state index >= 15 is 0 Å². The molecule has 0 bridgehead atoms. The molecular formula is C10H7FN2. The van der Waals surface area contributed by atoms with Crippen molar-refractivity contribution in [3.63, 3.8) is 0 Å². The summed E-state index contributed by atoms with van der Waals surface area (Å²) in [4.78, 5) is 0. The van der Waals surface area contributed by atoms with E-state index in [9.17, 15) is 4.39 Å². The van der Waals surface area contributed by atoms with Crippen molar-refractivity contribution >= 4 is 5.69 Å². The van der Waals surface area contributed by atoms with Crippen LogP contribution in [0.25, 0.3) is 0 Å². The number of rotatable bonds is 0. The van der Waals surface area contributed by atoms with Gasteiger partial charge in [-0.15, -0.1) is 0 Å². The third-order valence-corrected chi connectivity index (χ3v) is 1.38. The maximum Gasteiger partial charge on any atom is 0.140 e. The van der Waals surface area contributed by atoms with Gasteiger partial charge in [0.1, 0.15) is 5.82 Å². The standard InChI is InChI=1S/C10H7FN2/c11-10-7-9(13)5-4-8(10)3-1-2-6-12/h4-5,7H,2,13H2. The second-order valence-electron chi connectivity index (χ2n) is 2.38. The lowest BCUT2D eigenvalue weighted by Gasteiger charge is -1.95. The van der Waals surface area contributed by atoms with Crippen LogP contribution < -0.4 is 5.73 Å². The van der Waals surface area contributed by atoms with Crippen molar-refractivity contribution in [3.8, 4) is 17.9 Å². The molecule has 0 saturated carbocycles. The van der Waals surface area contributed by atoms with Crippen molar-refractivity contribution in [1.82, 2.24) is 0 Å². The fourth-order valence-corrected chi connectivity index (χ4v) is 0.812. The van der Waals surface area contributed by atoms with Crippen LogP contribution in [-0.4, -0.2) is 0 Å². The van der Waals surface area contributed by atoms with Crippen LogP contribution in [0.2, 0.25) is 0 Å². The third-order valence-electron chi connectivity index (χ3n) is 1.38. The molecule has 0 aromatic heterocycles. The zero-order valence-electron chi connectivity index (χ0n) is 6.84. The topological polar surface area (TPSA) is 49.8 Å². The van der Waals surface area contributed by atoms with E-state index in [4.69, 9.17) is 11.0 Å². The molecule has 0 aliphatic heterocycles. The first kappa shape index (κ1) is 9.09. The van der Waals surface area contributed by atoms with Gasteiger partial charge in [0.25, 0.3) is 0 Å². The minimum Gasteiger partial charge on any atom is -0.399 e. The molecule has 0 heterocycles. The zero-order chi connectivity index (χ0) is 9.68. The molecule has 64 valence electrons. The van der Waals surface area contributed by atoms with E-state index in [0.717, 1.165) is 0 Å². The summed E-state index contributed by atoms with van der Waals surface area (Å²) in [5.74, 6) is 4.60. The average molecular weight is 174 g/mol. The molecule has 0 fully saturated rings. The molecule has 13 heavy (non-hydrogen) atoms. The minimum absolute atomic E-state index is 0.101. The summed E-state index contributed by atoms with van der Waals surface area (Å²) in [6.07, 6.45) is 0.101. The Labute approximate surface area is 75.8 Å². The normalized spacial score (nSPS) is 8.31. The van der Waals surface area contributed by atoms with Gasteiger partial charge in [0.2, 0.25) is 0 Å². The Morgan fingerprint density at radius 2 is 2.23 bits per heavy atom. The van der Waals surface area contributed by atoms with Gasteiger partial charge in [0.05, 0.1) is 18.1 Å². The smallest absolute Gasteiger partial charge is 0.140 e. The van der Waals surface area contributed by atoms with Crippen molar-refractivity contribution in [2.75, 3.05) is 5.73 Å². The molecule has 0 amide bonds. The maximum absolute atomic E-state index is 13.0. The van der Waals surface area contributed by atoms with E-state index in [1.54, 1.807) is 6.07 Å². The number of nitrogens with two attached hydrogens (primary N) is 1. The lowest BCUT2D eigenvalue weighted by Crippen LogP contribution is -1.88. The quantitative estimate of drug-likeness (QED) is 0.480. The summed E-state index contributed by atoms with van der Waals surface area (Å²) >= 11 is 0. The van der Waals surface area contributed by atoms with Gasteiger partial charge in [-0.1, -0.05) is 11.8 Å². The van der Waals surface area contributed by atoms with Crippen LogP contribution in [0.5, 0.6) is 0 Å². The Bertz CT molecular complexity index is 407. The van der Waals surface area contributed by atoms with E-state index < -0.39 is 5.82 Å². The SMILES string of the molecule is N#CCC#Cc1ccc(N)cc1F. The van der Waals surface area contributed by atoms with Gasteiger partial charge in [0.15, 0.2) is 0 Å². The van der Waals surface area contributed by atoms with Crippen LogP contribution >= 0.6 is 0 Å². The number of halogens is 1. The third kappa shape index (κ3) is 2.50. The highest BCUT2D eigenvalue weighted by Crippen LogP contribution is 2.10. The van der Waals surface area contributed by atoms with Gasteiger partial charge in [-0.3, -0.25) is 0 Å². The molecule has 0 spiro atoms. The molecule has 0 aliphatic carbocycles. The molecule has 2 nitrogen and oxygen atoms in total.